The molecule has 2 aromatic heterocycles. The molecule has 2 heterocycles. The van der Waals surface area contributed by atoms with Crippen molar-refractivity contribution in [3.8, 4) is 55.6 Å². The molecule has 2 heteroatoms. The Balaban J connectivity index is 1.37. The number of rotatable bonds is 5. The van der Waals surface area contributed by atoms with E-state index >= 15 is 0 Å². The molecular weight excluding hydrogens is 581 g/mol. The van der Waals surface area contributed by atoms with Crippen molar-refractivity contribution in [2.75, 3.05) is 0 Å². The molecule has 0 aliphatic carbocycles. The molecule has 0 bridgehead atoms. The van der Waals surface area contributed by atoms with Crippen molar-refractivity contribution in [3.63, 3.8) is 0 Å². The quantitative estimate of drug-likeness (QED) is 0.181. The summed E-state index contributed by atoms with van der Waals surface area (Å²) in [6, 6.07) is 57.3. The van der Waals surface area contributed by atoms with Crippen molar-refractivity contribution in [1.29, 1.82) is 0 Å². The molecule has 224 valence electrons. The van der Waals surface area contributed by atoms with E-state index in [-0.39, 0.29) is 0 Å². The fourth-order valence-electron chi connectivity index (χ4n) is 7.24. The summed E-state index contributed by atoms with van der Waals surface area (Å²) in [5.74, 6) is 0. The van der Waals surface area contributed by atoms with Crippen LogP contribution in [0.2, 0.25) is 0 Å². The van der Waals surface area contributed by atoms with Crippen LogP contribution in [-0.4, -0.2) is 9.97 Å². The van der Waals surface area contributed by atoms with E-state index in [1.54, 1.807) is 0 Å². The molecule has 0 fully saturated rings. The van der Waals surface area contributed by atoms with E-state index in [0.29, 0.717) is 0 Å². The van der Waals surface area contributed by atoms with Gasteiger partial charge in [0.2, 0.25) is 0 Å². The first kappa shape index (κ1) is 27.9. The maximum atomic E-state index is 4.25. The number of nitrogens with zero attached hydrogens (tertiary/aromatic N) is 2. The lowest BCUT2D eigenvalue weighted by Gasteiger charge is -2.20. The van der Waals surface area contributed by atoms with Crippen molar-refractivity contribution < 1.29 is 0 Å². The topological polar surface area (TPSA) is 25.8 Å². The van der Waals surface area contributed by atoms with Gasteiger partial charge < -0.3 is 0 Å². The molecule has 0 saturated carbocycles. The summed E-state index contributed by atoms with van der Waals surface area (Å²) in [7, 11) is 0. The normalized spacial score (nSPS) is 11.3. The zero-order chi connectivity index (χ0) is 31.9. The average Bonchev–Trinajstić information content (AvgIpc) is 3.17. The van der Waals surface area contributed by atoms with Crippen LogP contribution in [0, 0.1) is 0 Å². The van der Waals surface area contributed by atoms with Crippen LogP contribution >= 0.6 is 0 Å². The average molecular weight is 611 g/mol. The zero-order valence-corrected chi connectivity index (χ0v) is 26.2. The molecule has 9 rings (SSSR count). The molecule has 0 aliphatic rings. The second-order valence-corrected chi connectivity index (χ2v) is 12.2. The largest absolute Gasteiger partial charge is 0.265 e. The summed E-state index contributed by atoms with van der Waals surface area (Å²) in [4.78, 5) is 8.50. The van der Waals surface area contributed by atoms with E-state index < -0.39 is 0 Å². The Morgan fingerprint density at radius 3 is 1.38 bits per heavy atom. The lowest BCUT2D eigenvalue weighted by atomic mass is 9.83. The molecule has 0 saturated heterocycles. The summed E-state index contributed by atoms with van der Waals surface area (Å²) < 4.78 is 0. The number of hydrogen-bond donors (Lipinski definition) is 0. The maximum absolute atomic E-state index is 4.25. The van der Waals surface area contributed by atoms with Crippen LogP contribution in [0.5, 0.6) is 0 Å². The monoisotopic (exact) mass is 610 g/mol. The van der Waals surface area contributed by atoms with Gasteiger partial charge in [-0.3, -0.25) is 9.97 Å². The molecule has 48 heavy (non-hydrogen) atoms. The van der Waals surface area contributed by atoms with Gasteiger partial charge >= 0.3 is 0 Å². The van der Waals surface area contributed by atoms with Crippen LogP contribution in [0.15, 0.2) is 183 Å². The van der Waals surface area contributed by atoms with Crippen molar-refractivity contribution >= 4 is 32.3 Å². The third kappa shape index (κ3) is 4.83. The summed E-state index contributed by atoms with van der Waals surface area (Å²) in [5.41, 5.74) is 12.0. The van der Waals surface area contributed by atoms with E-state index in [0.717, 1.165) is 11.1 Å². The minimum Gasteiger partial charge on any atom is -0.265 e. The van der Waals surface area contributed by atoms with Crippen molar-refractivity contribution in [3.05, 3.63) is 183 Å². The van der Waals surface area contributed by atoms with Gasteiger partial charge in [-0.1, -0.05) is 115 Å². The minimum absolute atomic E-state index is 1.15. The van der Waals surface area contributed by atoms with Gasteiger partial charge in [-0.2, -0.15) is 0 Å². The van der Waals surface area contributed by atoms with E-state index in [1.165, 1.54) is 76.8 Å². The molecule has 0 atom stereocenters. The van der Waals surface area contributed by atoms with Crippen LogP contribution in [-0.2, 0) is 0 Å². The van der Waals surface area contributed by atoms with Gasteiger partial charge in [0.25, 0.3) is 0 Å². The zero-order valence-electron chi connectivity index (χ0n) is 26.2. The summed E-state index contributed by atoms with van der Waals surface area (Å²) in [6.07, 6.45) is 7.43. The first-order chi connectivity index (χ1) is 23.8. The Hall–Kier alpha value is -6.38. The lowest BCUT2D eigenvalue weighted by Crippen LogP contribution is -1.93. The second kappa shape index (κ2) is 11.8. The van der Waals surface area contributed by atoms with E-state index in [1.807, 2.05) is 24.8 Å². The first-order valence-corrected chi connectivity index (χ1v) is 16.3. The molecule has 0 aliphatic heterocycles. The number of fused-ring (bicyclic) bond motifs is 3. The third-order valence-electron chi connectivity index (χ3n) is 9.45. The molecular formula is C46H30N2. The van der Waals surface area contributed by atoms with Crippen LogP contribution in [0.1, 0.15) is 0 Å². The van der Waals surface area contributed by atoms with E-state index in [4.69, 9.17) is 0 Å². The minimum atomic E-state index is 1.15. The highest BCUT2D eigenvalue weighted by Gasteiger charge is 2.19. The molecule has 7 aromatic carbocycles. The highest BCUT2D eigenvalue weighted by atomic mass is 14.6. The molecule has 0 spiro atoms. The molecule has 9 aromatic rings. The smallest absolute Gasteiger partial charge is 0.0273 e. The van der Waals surface area contributed by atoms with Crippen LogP contribution in [0.4, 0.5) is 0 Å². The Bertz CT molecular complexity index is 2600. The van der Waals surface area contributed by atoms with Gasteiger partial charge in [-0.15, -0.1) is 0 Å². The fraction of sp³-hybridized carbons (Fsp3) is 0. The SMILES string of the molecule is c1cc(-c2ccncc2)cc(-c2c3ccccc3c(-c3cccc(-c4ccncc4)c3)c3cc(-c4cccc5ccccc45)ccc23)c1. The number of pyridine rings is 2. The van der Waals surface area contributed by atoms with Gasteiger partial charge in [0.1, 0.15) is 0 Å². The molecule has 0 radical (unpaired) electrons. The second-order valence-electron chi connectivity index (χ2n) is 12.2. The van der Waals surface area contributed by atoms with Gasteiger partial charge in [0, 0.05) is 24.8 Å². The van der Waals surface area contributed by atoms with Crippen LogP contribution in [0.3, 0.4) is 0 Å². The number of benzene rings is 7. The molecule has 0 N–H and O–H groups in total. The Labute approximate surface area is 279 Å². The summed E-state index contributed by atoms with van der Waals surface area (Å²) in [5, 5.41) is 7.43. The first-order valence-electron chi connectivity index (χ1n) is 16.3. The van der Waals surface area contributed by atoms with E-state index in [9.17, 15) is 0 Å². The fourth-order valence-corrected chi connectivity index (χ4v) is 7.24. The Morgan fingerprint density at radius 2 is 0.750 bits per heavy atom. The van der Waals surface area contributed by atoms with Crippen LogP contribution < -0.4 is 0 Å². The maximum Gasteiger partial charge on any atom is 0.0273 e. The summed E-state index contributed by atoms with van der Waals surface area (Å²) in [6.45, 7) is 0. The summed E-state index contributed by atoms with van der Waals surface area (Å²) >= 11 is 0. The van der Waals surface area contributed by atoms with Gasteiger partial charge in [0.15, 0.2) is 0 Å². The Kier molecular flexibility index (Phi) is 6.84. The van der Waals surface area contributed by atoms with Gasteiger partial charge in [-0.25, -0.2) is 0 Å². The predicted octanol–water partition coefficient (Wildman–Crippen LogP) is 12.3. The predicted molar refractivity (Wildman–Crippen MR) is 202 cm³/mol. The molecule has 2 nitrogen and oxygen atoms in total. The van der Waals surface area contributed by atoms with Crippen LogP contribution in [0.25, 0.3) is 88.0 Å². The number of aromatic nitrogens is 2. The molecule has 0 amide bonds. The van der Waals surface area contributed by atoms with Gasteiger partial charge in [-0.05, 0) is 130 Å². The van der Waals surface area contributed by atoms with E-state index in [2.05, 4.69) is 168 Å². The standard InChI is InChI=1S/C46H30N2/c1-2-14-39-33(8-1)9-7-17-40(39)36-18-19-43-44(30-36)46(38-13-6-11-35(29-38)32-22-26-48-27-23-32)42-16-4-3-15-41(42)45(43)37-12-5-10-34(28-37)31-20-24-47-25-21-31/h1-30H. The Morgan fingerprint density at radius 1 is 0.271 bits per heavy atom. The highest BCUT2D eigenvalue weighted by Crippen LogP contribution is 2.46. The third-order valence-corrected chi connectivity index (χ3v) is 9.45. The highest BCUT2D eigenvalue weighted by molar-refractivity contribution is 6.22. The van der Waals surface area contributed by atoms with Gasteiger partial charge in [0.05, 0.1) is 0 Å². The van der Waals surface area contributed by atoms with Crippen molar-refractivity contribution in [1.82, 2.24) is 9.97 Å². The van der Waals surface area contributed by atoms with Crippen molar-refractivity contribution in [2.24, 2.45) is 0 Å². The van der Waals surface area contributed by atoms with Crippen molar-refractivity contribution in [2.45, 2.75) is 0 Å². The lowest BCUT2D eigenvalue weighted by molar-refractivity contribution is 1.33. The molecule has 0 unspecified atom stereocenters. The number of hydrogen-bond acceptors (Lipinski definition) is 2.